The summed E-state index contributed by atoms with van der Waals surface area (Å²) in [5, 5.41) is 0. The standard InChI is InChI=1S/C13H22N4/c1-2-3-11-4-6-17(7-5-11)10-12-8-16-13(14)9-15-12/h8-9,11H,2-7,10H2,1H3,(H2,14,16). The topological polar surface area (TPSA) is 55.0 Å². The summed E-state index contributed by atoms with van der Waals surface area (Å²) in [5.41, 5.74) is 6.55. The molecule has 17 heavy (non-hydrogen) atoms. The van der Waals surface area contributed by atoms with Crippen LogP contribution < -0.4 is 5.73 Å². The Kier molecular flexibility index (Phi) is 4.31. The number of anilines is 1. The lowest BCUT2D eigenvalue weighted by Gasteiger charge is -2.31. The first-order valence-electron chi connectivity index (χ1n) is 6.56. The van der Waals surface area contributed by atoms with Crippen LogP contribution in [0, 0.1) is 5.92 Å². The zero-order valence-electron chi connectivity index (χ0n) is 10.6. The number of nitrogens with two attached hydrogens (primary N) is 1. The van der Waals surface area contributed by atoms with Crippen LogP contribution in [-0.2, 0) is 6.54 Å². The molecule has 94 valence electrons. The number of likely N-dealkylation sites (tertiary alicyclic amines) is 1. The van der Waals surface area contributed by atoms with Gasteiger partial charge in [-0.2, -0.15) is 0 Å². The van der Waals surface area contributed by atoms with Crippen molar-refractivity contribution in [2.75, 3.05) is 18.8 Å². The zero-order valence-corrected chi connectivity index (χ0v) is 10.6. The fraction of sp³-hybridized carbons (Fsp3) is 0.692. The third kappa shape index (κ3) is 3.66. The molecule has 2 N–H and O–H groups in total. The van der Waals surface area contributed by atoms with Gasteiger partial charge in [-0.1, -0.05) is 19.8 Å². The molecule has 1 aliphatic heterocycles. The van der Waals surface area contributed by atoms with Crippen molar-refractivity contribution < 1.29 is 0 Å². The van der Waals surface area contributed by atoms with Gasteiger partial charge in [0.2, 0.25) is 0 Å². The van der Waals surface area contributed by atoms with Crippen LogP contribution >= 0.6 is 0 Å². The molecule has 1 fully saturated rings. The van der Waals surface area contributed by atoms with Crippen LogP contribution in [0.4, 0.5) is 5.82 Å². The van der Waals surface area contributed by atoms with E-state index in [1.807, 2.05) is 0 Å². The van der Waals surface area contributed by atoms with E-state index in [2.05, 4.69) is 21.8 Å². The highest BCUT2D eigenvalue weighted by atomic mass is 15.1. The van der Waals surface area contributed by atoms with Crippen LogP contribution in [0.15, 0.2) is 12.4 Å². The molecule has 1 aliphatic rings. The first-order chi connectivity index (χ1) is 8.28. The van der Waals surface area contributed by atoms with Crippen LogP contribution in [0.2, 0.25) is 0 Å². The summed E-state index contributed by atoms with van der Waals surface area (Å²) in [6.07, 6.45) is 8.78. The number of nitrogens with zero attached hydrogens (tertiary/aromatic N) is 3. The molecule has 1 aromatic rings. The van der Waals surface area contributed by atoms with Crippen molar-refractivity contribution in [2.45, 2.75) is 39.2 Å². The van der Waals surface area contributed by atoms with E-state index in [0.717, 1.165) is 18.2 Å². The Labute approximate surface area is 103 Å². The smallest absolute Gasteiger partial charge is 0.141 e. The molecular formula is C13H22N4. The first kappa shape index (κ1) is 12.3. The second-order valence-electron chi connectivity index (χ2n) is 4.94. The fourth-order valence-electron chi connectivity index (χ4n) is 2.52. The number of hydrogen-bond acceptors (Lipinski definition) is 4. The molecule has 0 atom stereocenters. The average Bonchev–Trinajstić information content (AvgIpc) is 2.35. The van der Waals surface area contributed by atoms with Gasteiger partial charge >= 0.3 is 0 Å². The van der Waals surface area contributed by atoms with E-state index in [0.29, 0.717) is 5.82 Å². The second kappa shape index (κ2) is 5.96. The molecule has 0 aliphatic carbocycles. The summed E-state index contributed by atoms with van der Waals surface area (Å²) in [6.45, 7) is 5.57. The lowest BCUT2D eigenvalue weighted by atomic mass is 9.92. The van der Waals surface area contributed by atoms with Crippen molar-refractivity contribution in [3.8, 4) is 0 Å². The maximum absolute atomic E-state index is 5.52. The van der Waals surface area contributed by atoms with Gasteiger partial charge in [-0.25, -0.2) is 4.98 Å². The van der Waals surface area contributed by atoms with Crippen molar-refractivity contribution in [2.24, 2.45) is 5.92 Å². The highest BCUT2D eigenvalue weighted by Gasteiger charge is 2.18. The van der Waals surface area contributed by atoms with E-state index in [9.17, 15) is 0 Å². The van der Waals surface area contributed by atoms with Gasteiger partial charge in [0.1, 0.15) is 5.82 Å². The largest absolute Gasteiger partial charge is 0.382 e. The van der Waals surface area contributed by atoms with Gasteiger partial charge in [0.25, 0.3) is 0 Å². The molecule has 0 saturated carbocycles. The monoisotopic (exact) mass is 234 g/mol. The Bertz CT molecular complexity index is 328. The van der Waals surface area contributed by atoms with Gasteiger partial charge in [0.05, 0.1) is 18.1 Å². The predicted molar refractivity (Wildman–Crippen MR) is 69.4 cm³/mol. The van der Waals surface area contributed by atoms with Crippen LogP contribution in [0.5, 0.6) is 0 Å². The number of hydrogen-bond donors (Lipinski definition) is 1. The van der Waals surface area contributed by atoms with Crippen molar-refractivity contribution in [3.63, 3.8) is 0 Å². The van der Waals surface area contributed by atoms with Crippen LogP contribution in [0.25, 0.3) is 0 Å². The lowest BCUT2D eigenvalue weighted by Crippen LogP contribution is -2.33. The average molecular weight is 234 g/mol. The number of aromatic nitrogens is 2. The molecule has 0 radical (unpaired) electrons. The molecule has 0 amide bonds. The van der Waals surface area contributed by atoms with Gasteiger partial charge < -0.3 is 5.73 Å². The minimum atomic E-state index is 0.496. The molecule has 2 rings (SSSR count). The third-order valence-electron chi connectivity index (χ3n) is 3.51. The van der Waals surface area contributed by atoms with E-state index in [4.69, 9.17) is 5.73 Å². The van der Waals surface area contributed by atoms with Crippen molar-refractivity contribution >= 4 is 5.82 Å². The second-order valence-corrected chi connectivity index (χ2v) is 4.94. The van der Waals surface area contributed by atoms with Crippen molar-refractivity contribution in [3.05, 3.63) is 18.1 Å². The zero-order chi connectivity index (χ0) is 12.1. The fourth-order valence-corrected chi connectivity index (χ4v) is 2.52. The Morgan fingerprint density at radius 2 is 2.06 bits per heavy atom. The summed E-state index contributed by atoms with van der Waals surface area (Å²) in [4.78, 5) is 10.8. The normalized spacial score (nSPS) is 18.4. The van der Waals surface area contributed by atoms with Gasteiger partial charge in [0, 0.05) is 6.54 Å². The van der Waals surface area contributed by atoms with E-state index >= 15 is 0 Å². The summed E-state index contributed by atoms with van der Waals surface area (Å²) in [5.74, 6) is 1.43. The number of piperidine rings is 1. The highest BCUT2D eigenvalue weighted by molar-refractivity contribution is 5.22. The Morgan fingerprint density at radius 1 is 1.29 bits per heavy atom. The SMILES string of the molecule is CCCC1CCN(Cc2cnc(N)cn2)CC1. The van der Waals surface area contributed by atoms with E-state index < -0.39 is 0 Å². The molecule has 4 nitrogen and oxygen atoms in total. The molecule has 0 bridgehead atoms. The molecule has 1 saturated heterocycles. The minimum absolute atomic E-state index is 0.496. The molecule has 0 aromatic carbocycles. The molecule has 1 aromatic heterocycles. The Balaban J connectivity index is 1.79. The van der Waals surface area contributed by atoms with Crippen LogP contribution in [0.1, 0.15) is 38.3 Å². The van der Waals surface area contributed by atoms with E-state index in [1.165, 1.54) is 38.8 Å². The Morgan fingerprint density at radius 3 is 2.65 bits per heavy atom. The summed E-state index contributed by atoms with van der Waals surface area (Å²) >= 11 is 0. The van der Waals surface area contributed by atoms with Gasteiger partial charge in [-0.3, -0.25) is 9.88 Å². The lowest BCUT2D eigenvalue weighted by molar-refractivity contribution is 0.170. The maximum Gasteiger partial charge on any atom is 0.141 e. The summed E-state index contributed by atoms with van der Waals surface area (Å²) in [7, 11) is 0. The van der Waals surface area contributed by atoms with Gasteiger partial charge in [0.15, 0.2) is 0 Å². The van der Waals surface area contributed by atoms with E-state index in [1.54, 1.807) is 12.4 Å². The quantitative estimate of drug-likeness (QED) is 0.866. The Hall–Kier alpha value is -1.16. The van der Waals surface area contributed by atoms with Crippen LogP contribution in [-0.4, -0.2) is 28.0 Å². The first-order valence-corrected chi connectivity index (χ1v) is 6.56. The van der Waals surface area contributed by atoms with E-state index in [-0.39, 0.29) is 0 Å². The van der Waals surface area contributed by atoms with Crippen molar-refractivity contribution in [1.29, 1.82) is 0 Å². The summed E-state index contributed by atoms with van der Waals surface area (Å²) < 4.78 is 0. The van der Waals surface area contributed by atoms with Crippen LogP contribution in [0.3, 0.4) is 0 Å². The van der Waals surface area contributed by atoms with Crippen molar-refractivity contribution in [1.82, 2.24) is 14.9 Å². The maximum atomic E-state index is 5.52. The van der Waals surface area contributed by atoms with Gasteiger partial charge in [-0.05, 0) is 31.8 Å². The molecule has 2 heterocycles. The highest BCUT2D eigenvalue weighted by Crippen LogP contribution is 2.22. The minimum Gasteiger partial charge on any atom is -0.382 e. The molecule has 0 spiro atoms. The molecular weight excluding hydrogens is 212 g/mol. The third-order valence-corrected chi connectivity index (χ3v) is 3.51. The molecule has 4 heteroatoms. The molecule has 0 unspecified atom stereocenters. The summed E-state index contributed by atoms with van der Waals surface area (Å²) in [6, 6.07) is 0. The number of nitrogen functional groups attached to an aromatic ring is 1. The predicted octanol–water partition coefficient (Wildman–Crippen LogP) is 2.07. The van der Waals surface area contributed by atoms with Gasteiger partial charge in [-0.15, -0.1) is 0 Å². The number of rotatable bonds is 4.